The molecule has 2 unspecified atom stereocenters. The van der Waals surface area contributed by atoms with Crippen LogP contribution in [0.3, 0.4) is 0 Å². The van der Waals surface area contributed by atoms with Crippen molar-refractivity contribution in [1.29, 1.82) is 0 Å². The molecule has 1 fully saturated rings. The Morgan fingerprint density at radius 2 is 2.31 bits per heavy atom. The van der Waals surface area contributed by atoms with Crippen molar-refractivity contribution in [3.63, 3.8) is 0 Å². The van der Waals surface area contributed by atoms with E-state index in [4.69, 9.17) is 16.3 Å². The molecule has 1 aromatic rings. The van der Waals surface area contributed by atoms with E-state index in [-0.39, 0.29) is 5.02 Å². The molecule has 0 spiro atoms. The van der Waals surface area contributed by atoms with E-state index in [1.807, 2.05) is 0 Å². The Labute approximate surface area is 97.1 Å². The smallest absolute Gasteiger partial charge is 0.338 e. The molecule has 1 heterocycles. The molecular formula is C11H10ClFO3. The van der Waals surface area contributed by atoms with Gasteiger partial charge in [-0.15, -0.1) is 0 Å². The first-order valence-electron chi connectivity index (χ1n) is 4.70. The fourth-order valence-corrected chi connectivity index (χ4v) is 2.04. The average molecular weight is 245 g/mol. The van der Waals surface area contributed by atoms with Gasteiger partial charge in [0, 0.05) is 10.6 Å². The molecule has 1 aromatic carbocycles. The summed E-state index contributed by atoms with van der Waals surface area (Å²) < 4.78 is 22.7. The van der Waals surface area contributed by atoms with E-state index in [0.717, 1.165) is 0 Å². The summed E-state index contributed by atoms with van der Waals surface area (Å²) in [7, 11) is 1.29. The predicted molar refractivity (Wildman–Crippen MR) is 55.7 cm³/mol. The van der Waals surface area contributed by atoms with Crippen molar-refractivity contribution in [3.8, 4) is 0 Å². The number of hydrogen-bond acceptors (Lipinski definition) is 3. The van der Waals surface area contributed by atoms with Gasteiger partial charge in [0.25, 0.3) is 0 Å². The van der Waals surface area contributed by atoms with Gasteiger partial charge >= 0.3 is 5.97 Å². The van der Waals surface area contributed by atoms with Crippen LogP contribution >= 0.6 is 11.6 Å². The summed E-state index contributed by atoms with van der Waals surface area (Å²) in [5.41, 5.74) is -0.219. The van der Waals surface area contributed by atoms with E-state index < -0.39 is 23.5 Å². The van der Waals surface area contributed by atoms with Crippen LogP contribution in [-0.4, -0.2) is 19.2 Å². The van der Waals surface area contributed by atoms with Crippen molar-refractivity contribution in [2.75, 3.05) is 7.11 Å². The summed E-state index contributed by atoms with van der Waals surface area (Å²) >= 11 is 5.90. The number of benzene rings is 1. The number of epoxide rings is 1. The third kappa shape index (κ3) is 1.68. The fraction of sp³-hybridized carbons (Fsp3) is 0.364. The van der Waals surface area contributed by atoms with Crippen LogP contribution in [0.15, 0.2) is 18.2 Å². The highest BCUT2D eigenvalue weighted by atomic mass is 35.5. The third-order valence-electron chi connectivity index (χ3n) is 2.69. The van der Waals surface area contributed by atoms with Crippen molar-refractivity contribution in [3.05, 3.63) is 34.6 Å². The summed E-state index contributed by atoms with van der Waals surface area (Å²) in [6.07, 6.45) is -0.666. The molecule has 1 aliphatic rings. The van der Waals surface area contributed by atoms with E-state index in [9.17, 15) is 9.18 Å². The van der Waals surface area contributed by atoms with E-state index in [1.54, 1.807) is 6.92 Å². The summed E-state index contributed by atoms with van der Waals surface area (Å²) in [5, 5.41) is 0.244. The van der Waals surface area contributed by atoms with Gasteiger partial charge in [-0.25, -0.2) is 9.18 Å². The highest BCUT2D eigenvalue weighted by Crippen LogP contribution is 2.48. The molecule has 2 atom stereocenters. The third-order valence-corrected chi connectivity index (χ3v) is 3.00. The van der Waals surface area contributed by atoms with E-state index in [2.05, 4.69) is 4.74 Å². The zero-order chi connectivity index (χ0) is 11.9. The first kappa shape index (κ1) is 11.4. The lowest BCUT2D eigenvalue weighted by Gasteiger charge is -2.08. The van der Waals surface area contributed by atoms with Crippen LogP contribution in [0.1, 0.15) is 12.5 Å². The van der Waals surface area contributed by atoms with Gasteiger partial charge in [-0.1, -0.05) is 17.7 Å². The van der Waals surface area contributed by atoms with Crippen molar-refractivity contribution in [2.45, 2.75) is 18.6 Å². The minimum absolute atomic E-state index is 0.244. The summed E-state index contributed by atoms with van der Waals surface area (Å²) in [6, 6.07) is 3.99. The Kier molecular flexibility index (Phi) is 2.64. The topological polar surface area (TPSA) is 38.8 Å². The lowest BCUT2D eigenvalue weighted by molar-refractivity contribution is -0.142. The van der Waals surface area contributed by atoms with Crippen LogP contribution in [0, 0.1) is 5.82 Å². The molecule has 0 saturated carbocycles. The molecule has 2 rings (SSSR count). The molecule has 1 saturated heterocycles. The molecule has 5 heteroatoms. The Morgan fingerprint density at radius 3 is 2.88 bits per heavy atom. The second kappa shape index (κ2) is 3.71. The molecule has 0 radical (unpaired) electrons. The predicted octanol–water partition coefficient (Wildman–Crippen LogP) is 2.27. The molecule has 16 heavy (non-hydrogen) atoms. The van der Waals surface area contributed by atoms with Gasteiger partial charge < -0.3 is 9.47 Å². The van der Waals surface area contributed by atoms with Crippen LogP contribution in [0.2, 0.25) is 5.02 Å². The van der Waals surface area contributed by atoms with Crippen LogP contribution < -0.4 is 0 Å². The molecule has 86 valence electrons. The number of hydrogen-bond donors (Lipinski definition) is 0. The molecule has 0 N–H and O–H groups in total. The lowest BCUT2D eigenvalue weighted by atomic mass is 9.97. The van der Waals surface area contributed by atoms with Crippen molar-refractivity contribution in [1.82, 2.24) is 0 Å². The zero-order valence-electron chi connectivity index (χ0n) is 8.79. The van der Waals surface area contributed by atoms with Gasteiger partial charge in [-0.2, -0.15) is 0 Å². The summed E-state index contributed by atoms with van der Waals surface area (Å²) in [4.78, 5) is 11.3. The summed E-state index contributed by atoms with van der Waals surface area (Å²) in [6.45, 7) is 1.72. The number of ether oxygens (including phenoxy) is 2. The Morgan fingerprint density at radius 1 is 1.62 bits per heavy atom. The van der Waals surface area contributed by atoms with Crippen LogP contribution in [0.4, 0.5) is 4.39 Å². The van der Waals surface area contributed by atoms with Crippen LogP contribution in [-0.2, 0) is 19.9 Å². The quantitative estimate of drug-likeness (QED) is 0.592. The van der Waals surface area contributed by atoms with E-state index in [1.165, 1.54) is 25.3 Å². The number of carbonyl (C=O) groups excluding carboxylic acids is 1. The zero-order valence-corrected chi connectivity index (χ0v) is 9.55. The fourth-order valence-electron chi connectivity index (χ4n) is 1.69. The van der Waals surface area contributed by atoms with Gasteiger partial charge in [0.05, 0.1) is 7.11 Å². The molecule has 0 bridgehead atoms. The standard InChI is InChI=1S/C11H10ClFO3/c1-11(9(16-11)10(14)15-2)7-4-3-6(13)5-8(7)12/h3-5,9H,1-2H3. The van der Waals surface area contributed by atoms with Gasteiger partial charge in [-0.05, 0) is 19.1 Å². The van der Waals surface area contributed by atoms with Gasteiger partial charge in [0.15, 0.2) is 6.10 Å². The number of halogens is 2. The number of methoxy groups -OCH3 is 1. The number of rotatable bonds is 2. The molecule has 0 aliphatic carbocycles. The van der Waals surface area contributed by atoms with Crippen molar-refractivity contribution < 1.29 is 18.7 Å². The highest BCUT2D eigenvalue weighted by molar-refractivity contribution is 6.31. The second-order valence-corrected chi connectivity index (χ2v) is 4.16. The Balaban J connectivity index is 2.30. The van der Waals surface area contributed by atoms with Crippen LogP contribution in [0.5, 0.6) is 0 Å². The monoisotopic (exact) mass is 244 g/mol. The first-order valence-corrected chi connectivity index (χ1v) is 5.08. The van der Waals surface area contributed by atoms with Crippen LogP contribution in [0.25, 0.3) is 0 Å². The SMILES string of the molecule is COC(=O)C1OC1(C)c1ccc(F)cc1Cl. The van der Waals surface area contributed by atoms with Crippen molar-refractivity contribution in [2.24, 2.45) is 0 Å². The maximum Gasteiger partial charge on any atom is 0.338 e. The Hall–Kier alpha value is -1.13. The molecule has 1 aliphatic heterocycles. The second-order valence-electron chi connectivity index (χ2n) is 3.75. The normalized spacial score (nSPS) is 27.6. The summed E-state index contributed by atoms with van der Waals surface area (Å²) in [5.74, 6) is -0.879. The lowest BCUT2D eigenvalue weighted by Crippen LogP contribution is -2.17. The maximum atomic E-state index is 12.9. The van der Waals surface area contributed by atoms with Gasteiger partial charge in [0.2, 0.25) is 0 Å². The minimum atomic E-state index is -0.808. The molecule has 3 nitrogen and oxygen atoms in total. The van der Waals surface area contributed by atoms with E-state index >= 15 is 0 Å². The molecule has 0 aromatic heterocycles. The average Bonchev–Trinajstić information content (AvgIpc) is 2.90. The minimum Gasteiger partial charge on any atom is -0.467 e. The molecular weight excluding hydrogens is 235 g/mol. The Bertz CT molecular complexity index is 449. The highest BCUT2D eigenvalue weighted by Gasteiger charge is 2.59. The first-order chi connectivity index (χ1) is 7.49. The largest absolute Gasteiger partial charge is 0.467 e. The maximum absolute atomic E-state index is 12.9. The molecule has 0 amide bonds. The number of esters is 1. The number of carbonyl (C=O) groups is 1. The van der Waals surface area contributed by atoms with E-state index in [0.29, 0.717) is 5.56 Å². The van der Waals surface area contributed by atoms with Gasteiger partial charge in [-0.3, -0.25) is 0 Å². The van der Waals surface area contributed by atoms with Gasteiger partial charge in [0.1, 0.15) is 11.4 Å². The van der Waals surface area contributed by atoms with Crippen molar-refractivity contribution >= 4 is 17.6 Å².